The minimum absolute atomic E-state index is 0.521. The number of ether oxygens (including phenoxy) is 1. The zero-order valence-electron chi connectivity index (χ0n) is 10.4. The molecule has 2 aliphatic rings. The minimum Gasteiger partial charge on any atom is -0.379 e. The second kappa shape index (κ2) is 4.84. The molecule has 0 unspecified atom stereocenters. The summed E-state index contributed by atoms with van der Waals surface area (Å²) in [6.07, 6.45) is 6.23. The Morgan fingerprint density at radius 1 is 1.07 bits per heavy atom. The van der Waals surface area contributed by atoms with Crippen LogP contribution in [0.2, 0.25) is 0 Å². The molecule has 88 valence electrons. The van der Waals surface area contributed by atoms with Crippen LogP contribution in [-0.2, 0) is 4.74 Å². The molecule has 2 rings (SSSR count). The molecule has 0 amide bonds. The molecule has 0 aromatic heterocycles. The summed E-state index contributed by atoms with van der Waals surface area (Å²) in [6, 6.07) is 0.867. The third kappa shape index (κ3) is 2.54. The van der Waals surface area contributed by atoms with Gasteiger partial charge in [0.2, 0.25) is 0 Å². The van der Waals surface area contributed by atoms with Crippen molar-refractivity contribution in [3.05, 3.63) is 0 Å². The van der Waals surface area contributed by atoms with E-state index in [1.807, 2.05) is 7.11 Å². The topological polar surface area (TPSA) is 12.5 Å². The van der Waals surface area contributed by atoms with Gasteiger partial charge >= 0.3 is 0 Å². The molecule has 0 bridgehead atoms. The summed E-state index contributed by atoms with van der Waals surface area (Å²) in [6.45, 7) is 7.09. The molecule has 0 radical (unpaired) electrons. The molecule has 0 spiro atoms. The van der Waals surface area contributed by atoms with Crippen LogP contribution in [0.4, 0.5) is 0 Å². The van der Waals surface area contributed by atoms with Crippen molar-refractivity contribution in [3.8, 4) is 0 Å². The first-order chi connectivity index (χ1) is 7.20. The van der Waals surface area contributed by atoms with Gasteiger partial charge in [0.05, 0.1) is 6.10 Å². The number of hydrogen-bond donors (Lipinski definition) is 0. The number of likely N-dealkylation sites (tertiary alicyclic amines) is 1. The van der Waals surface area contributed by atoms with Crippen molar-refractivity contribution in [1.29, 1.82) is 0 Å². The number of rotatable bonds is 3. The third-order valence-corrected chi connectivity index (χ3v) is 4.41. The van der Waals surface area contributed by atoms with Gasteiger partial charge in [0.25, 0.3) is 0 Å². The zero-order valence-corrected chi connectivity index (χ0v) is 10.4. The molecule has 0 aromatic carbocycles. The first-order valence-corrected chi connectivity index (χ1v) is 6.47. The van der Waals surface area contributed by atoms with Crippen molar-refractivity contribution in [3.63, 3.8) is 0 Å². The van der Waals surface area contributed by atoms with Crippen LogP contribution in [0, 0.1) is 11.8 Å². The zero-order chi connectivity index (χ0) is 10.8. The molecule has 1 aliphatic carbocycles. The van der Waals surface area contributed by atoms with Crippen LogP contribution in [0.3, 0.4) is 0 Å². The van der Waals surface area contributed by atoms with Crippen molar-refractivity contribution in [1.82, 2.24) is 4.90 Å². The monoisotopic (exact) mass is 211 g/mol. The molecule has 1 saturated heterocycles. The van der Waals surface area contributed by atoms with Crippen molar-refractivity contribution >= 4 is 0 Å². The van der Waals surface area contributed by atoms with Crippen LogP contribution in [-0.4, -0.2) is 37.2 Å². The maximum atomic E-state index is 5.32. The summed E-state index contributed by atoms with van der Waals surface area (Å²) in [5.41, 5.74) is 0. The predicted octanol–water partition coefficient (Wildman–Crippen LogP) is 2.53. The van der Waals surface area contributed by atoms with Gasteiger partial charge in [-0.2, -0.15) is 0 Å². The molecule has 2 heteroatoms. The highest BCUT2D eigenvalue weighted by atomic mass is 16.5. The Morgan fingerprint density at radius 2 is 1.67 bits per heavy atom. The van der Waals surface area contributed by atoms with Crippen LogP contribution in [0.15, 0.2) is 0 Å². The summed E-state index contributed by atoms with van der Waals surface area (Å²) in [4.78, 5) is 2.62. The van der Waals surface area contributed by atoms with E-state index in [9.17, 15) is 0 Å². The Morgan fingerprint density at radius 3 is 2.13 bits per heavy atom. The van der Waals surface area contributed by atoms with Gasteiger partial charge in [-0.1, -0.05) is 13.8 Å². The molecular formula is C13H25NO. The predicted molar refractivity (Wildman–Crippen MR) is 63.0 cm³/mol. The Balaban J connectivity index is 1.70. The molecular weight excluding hydrogens is 186 g/mol. The molecule has 1 heterocycles. The van der Waals surface area contributed by atoms with Gasteiger partial charge < -0.3 is 4.74 Å². The largest absolute Gasteiger partial charge is 0.379 e. The van der Waals surface area contributed by atoms with Gasteiger partial charge in [0.15, 0.2) is 0 Å². The van der Waals surface area contributed by atoms with E-state index < -0.39 is 0 Å². The van der Waals surface area contributed by atoms with Crippen LogP contribution in [0.1, 0.15) is 39.5 Å². The highest BCUT2D eigenvalue weighted by Gasteiger charge is 2.34. The van der Waals surface area contributed by atoms with E-state index >= 15 is 0 Å². The quantitative estimate of drug-likeness (QED) is 0.711. The van der Waals surface area contributed by atoms with E-state index in [0.29, 0.717) is 6.10 Å². The summed E-state index contributed by atoms with van der Waals surface area (Å²) < 4.78 is 5.32. The van der Waals surface area contributed by atoms with Crippen molar-refractivity contribution in [2.75, 3.05) is 20.2 Å². The van der Waals surface area contributed by atoms with E-state index in [1.165, 1.54) is 38.8 Å². The van der Waals surface area contributed by atoms with Gasteiger partial charge in [0, 0.05) is 26.2 Å². The fourth-order valence-corrected chi connectivity index (χ4v) is 3.05. The SMILES string of the molecule is COC1CN(C2CCC(C(C)C)CC2)C1. The number of hydrogen-bond acceptors (Lipinski definition) is 2. The van der Waals surface area contributed by atoms with E-state index in [4.69, 9.17) is 4.74 Å². The fourth-order valence-electron chi connectivity index (χ4n) is 3.05. The lowest BCUT2D eigenvalue weighted by molar-refractivity contribution is -0.0606. The fraction of sp³-hybridized carbons (Fsp3) is 1.00. The van der Waals surface area contributed by atoms with E-state index in [-0.39, 0.29) is 0 Å². The third-order valence-electron chi connectivity index (χ3n) is 4.41. The van der Waals surface area contributed by atoms with Gasteiger partial charge in [-0.05, 0) is 37.5 Å². The Hall–Kier alpha value is -0.0800. The summed E-state index contributed by atoms with van der Waals surface area (Å²) in [5, 5.41) is 0. The van der Waals surface area contributed by atoms with E-state index in [2.05, 4.69) is 18.7 Å². The molecule has 2 fully saturated rings. The summed E-state index contributed by atoms with van der Waals surface area (Å²) in [7, 11) is 1.83. The smallest absolute Gasteiger partial charge is 0.0825 e. The number of methoxy groups -OCH3 is 1. The molecule has 0 N–H and O–H groups in total. The van der Waals surface area contributed by atoms with Crippen LogP contribution < -0.4 is 0 Å². The first-order valence-electron chi connectivity index (χ1n) is 6.47. The van der Waals surface area contributed by atoms with Crippen molar-refractivity contribution in [2.45, 2.75) is 51.7 Å². The normalized spacial score (nSPS) is 34.4. The maximum Gasteiger partial charge on any atom is 0.0825 e. The van der Waals surface area contributed by atoms with E-state index in [0.717, 1.165) is 17.9 Å². The lowest BCUT2D eigenvalue weighted by Gasteiger charge is -2.46. The van der Waals surface area contributed by atoms with Gasteiger partial charge in [0.1, 0.15) is 0 Å². The second-order valence-corrected chi connectivity index (χ2v) is 5.62. The molecule has 0 atom stereocenters. The van der Waals surface area contributed by atoms with Crippen LogP contribution in [0.5, 0.6) is 0 Å². The average Bonchev–Trinajstić information content (AvgIpc) is 2.17. The average molecular weight is 211 g/mol. The van der Waals surface area contributed by atoms with E-state index in [1.54, 1.807) is 0 Å². The highest BCUT2D eigenvalue weighted by Crippen LogP contribution is 2.33. The molecule has 1 saturated carbocycles. The molecule has 2 nitrogen and oxygen atoms in total. The Bertz CT molecular complexity index is 191. The van der Waals surface area contributed by atoms with Crippen molar-refractivity contribution < 1.29 is 4.74 Å². The standard InChI is InChI=1S/C13H25NO/c1-10(2)11-4-6-12(7-5-11)14-8-13(9-14)15-3/h10-13H,4-9H2,1-3H3. The second-order valence-electron chi connectivity index (χ2n) is 5.62. The molecule has 15 heavy (non-hydrogen) atoms. The molecule has 0 aromatic rings. The number of nitrogens with zero attached hydrogens (tertiary/aromatic N) is 1. The van der Waals surface area contributed by atoms with Crippen LogP contribution >= 0.6 is 0 Å². The maximum absolute atomic E-state index is 5.32. The van der Waals surface area contributed by atoms with Gasteiger partial charge in [-0.25, -0.2) is 0 Å². The molecule has 1 aliphatic heterocycles. The Kier molecular flexibility index (Phi) is 3.68. The lowest BCUT2D eigenvalue weighted by Crippen LogP contribution is -2.56. The van der Waals surface area contributed by atoms with Crippen LogP contribution in [0.25, 0.3) is 0 Å². The Labute approximate surface area is 94.0 Å². The highest BCUT2D eigenvalue weighted by molar-refractivity contribution is 4.89. The van der Waals surface area contributed by atoms with Gasteiger partial charge in [-0.3, -0.25) is 4.90 Å². The van der Waals surface area contributed by atoms with Gasteiger partial charge in [-0.15, -0.1) is 0 Å². The first kappa shape index (κ1) is 11.4. The summed E-state index contributed by atoms with van der Waals surface area (Å²) in [5.74, 6) is 1.87. The summed E-state index contributed by atoms with van der Waals surface area (Å²) >= 11 is 0. The lowest BCUT2D eigenvalue weighted by atomic mass is 9.78. The minimum atomic E-state index is 0.521. The van der Waals surface area contributed by atoms with Crippen molar-refractivity contribution in [2.24, 2.45) is 11.8 Å².